The normalized spacial score (nSPS) is 15.4. The number of hydrogen-bond acceptors (Lipinski definition) is 4. The Bertz CT molecular complexity index is 822. The van der Waals surface area contributed by atoms with Gasteiger partial charge >= 0.3 is 0 Å². The van der Waals surface area contributed by atoms with Crippen LogP contribution in [0.1, 0.15) is 42.2 Å². The smallest absolute Gasteiger partial charge is 0.272 e. The Balaban J connectivity index is 1.71. The molecule has 1 saturated heterocycles. The van der Waals surface area contributed by atoms with Crippen molar-refractivity contribution in [2.45, 2.75) is 39.7 Å². The van der Waals surface area contributed by atoms with E-state index < -0.39 is 0 Å². The van der Waals surface area contributed by atoms with Gasteiger partial charge in [0.25, 0.3) is 11.5 Å². The third-order valence-electron chi connectivity index (χ3n) is 4.85. The zero-order chi connectivity index (χ0) is 17.8. The van der Waals surface area contributed by atoms with Crippen molar-refractivity contribution >= 4 is 16.9 Å². The van der Waals surface area contributed by atoms with E-state index in [1.165, 1.54) is 19.3 Å². The first kappa shape index (κ1) is 17.6. The van der Waals surface area contributed by atoms with Crippen molar-refractivity contribution in [3.05, 3.63) is 39.8 Å². The highest BCUT2D eigenvalue weighted by Crippen LogP contribution is 2.13. The minimum Gasteiger partial charge on any atom is -0.351 e. The topological polar surface area (TPSA) is 67.2 Å². The number of likely N-dealkylation sites (tertiary alicyclic amines) is 1. The maximum Gasteiger partial charge on any atom is 0.272 e. The van der Waals surface area contributed by atoms with Crippen LogP contribution in [0.25, 0.3) is 11.0 Å². The Morgan fingerprint density at radius 2 is 2.00 bits per heavy atom. The van der Waals surface area contributed by atoms with E-state index in [9.17, 15) is 9.59 Å². The van der Waals surface area contributed by atoms with Gasteiger partial charge in [-0.2, -0.15) is 0 Å². The number of hydrogen-bond donors (Lipinski definition) is 1. The van der Waals surface area contributed by atoms with E-state index in [1.807, 2.05) is 13.0 Å². The highest BCUT2D eigenvalue weighted by molar-refractivity contribution is 5.97. The first-order valence-corrected chi connectivity index (χ1v) is 9.12. The summed E-state index contributed by atoms with van der Waals surface area (Å²) in [6.45, 7) is 8.03. The summed E-state index contributed by atoms with van der Waals surface area (Å²) in [7, 11) is 0. The first-order chi connectivity index (χ1) is 12.1. The molecule has 2 aromatic rings. The zero-order valence-corrected chi connectivity index (χ0v) is 15.0. The lowest BCUT2D eigenvalue weighted by Gasteiger charge is -2.26. The second-order valence-corrected chi connectivity index (χ2v) is 6.61. The molecule has 6 nitrogen and oxygen atoms in total. The number of piperidine rings is 1. The number of fused-ring (bicyclic) bond motifs is 1. The molecule has 2 heterocycles. The summed E-state index contributed by atoms with van der Waals surface area (Å²) in [5.41, 5.74) is 2.41. The summed E-state index contributed by atoms with van der Waals surface area (Å²) in [5, 5.41) is 2.99. The second kappa shape index (κ2) is 7.78. The number of nitrogens with one attached hydrogen (secondary N) is 1. The lowest BCUT2D eigenvalue weighted by Crippen LogP contribution is -2.37. The molecule has 134 valence electrons. The molecule has 3 rings (SSSR count). The van der Waals surface area contributed by atoms with Gasteiger partial charge < -0.3 is 14.8 Å². The van der Waals surface area contributed by atoms with Gasteiger partial charge in [0.2, 0.25) is 0 Å². The van der Waals surface area contributed by atoms with Gasteiger partial charge in [0.05, 0.1) is 11.0 Å². The van der Waals surface area contributed by atoms with E-state index in [4.69, 9.17) is 0 Å². The van der Waals surface area contributed by atoms with Gasteiger partial charge in [-0.3, -0.25) is 9.59 Å². The fourth-order valence-electron chi connectivity index (χ4n) is 3.44. The van der Waals surface area contributed by atoms with Crippen LogP contribution in [0.5, 0.6) is 0 Å². The Hall–Kier alpha value is -2.21. The molecule has 6 heteroatoms. The van der Waals surface area contributed by atoms with Gasteiger partial charge in [-0.15, -0.1) is 0 Å². The van der Waals surface area contributed by atoms with Gasteiger partial charge in [-0.1, -0.05) is 6.42 Å². The van der Waals surface area contributed by atoms with Crippen molar-refractivity contribution in [1.29, 1.82) is 0 Å². The van der Waals surface area contributed by atoms with Crippen molar-refractivity contribution < 1.29 is 4.79 Å². The average Bonchev–Trinajstić information content (AvgIpc) is 2.63. The minimum absolute atomic E-state index is 0.0752. The number of carbonyl (C=O) groups excluding carboxylic acids is 1. The highest BCUT2D eigenvalue weighted by atomic mass is 16.1. The predicted molar refractivity (Wildman–Crippen MR) is 99.0 cm³/mol. The van der Waals surface area contributed by atoms with Crippen molar-refractivity contribution in [1.82, 2.24) is 19.8 Å². The number of benzene rings is 1. The maximum absolute atomic E-state index is 12.4. The molecule has 0 spiro atoms. The van der Waals surface area contributed by atoms with E-state index in [1.54, 1.807) is 23.6 Å². The predicted octanol–water partition coefficient (Wildman–Crippen LogP) is 1.94. The van der Waals surface area contributed by atoms with Crippen LogP contribution in [0.3, 0.4) is 0 Å². The fourth-order valence-corrected chi connectivity index (χ4v) is 3.44. The second-order valence-electron chi connectivity index (χ2n) is 6.61. The molecule has 1 aromatic heterocycles. The van der Waals surface area contributed by atoms with Crippen molar-refractivity contribution in [2.24, 2.45) is 0 Å². The highest BCUT2D eigenvalue weighted by Gasteiger charge is 2.13. The van der Waals surface area contributed by atoms with Gasteiger partial charge in [-0.05, 0) is 58.0 Å². The third-order valence-corrected chi connectivity index (χ3v) is 4.85. The lowest BCUT2D eigenvalue weighted by atomic mass is 10.1. The summed E-state index contributed by atoms with van der Waals surface area (Å²) >= 11 is 0. The molecule has 0 atom stereocenters. The zero-order valence-electron chi connectivity index (χ0n) is 15.0. The van der Waals surface area contributed by atoms with Crippen LogP contribution < -0.4 is 10.9 Å². The molecule has 0 radical (unpaired) electrons. The third kappa shape index (κ3) is 3.90. The molecular weight excluding hydrogens is 316 g/mol. The number of nitrogens with zero attached hydrogens (tertiary/aromatic N) is 3. The molecule has 0 unspecified atom stereocenters. The summed E-state index contributed by atoms with van der Waals surface area (Å²) in [6.07, 6.45) is 3.82. The van der Waals surface area contributed by atoms with Gasteiger partial charge in [0, 0.05) is 25.2 Å². The molecule has 0 saturated carbocycles. The molecule has 0 bridgehead atoms. The number of aromatic nitrogens is 2. The molecule has 1 amide bonds. The van der Waals surface area contributed by atoms with Crippen LogP contribution >= 0.6 is 0 Å². The fraction of sp³-hybridized carbons (Fsp3) is 0.526. The Morgan fingerprint density at radius 3 is 2.72 bits per heavy atom. The van der Waals surface area contributed by atoms with Crippen LogP contribution in [0.15, 0.2) is 23.0 Å². The standard InChI is InChI=1S/C19H26N4O2/c1-3-23-17-8-7-15(13-16(17)21-14(2)19(23)25)18(24)20-9-12-22-10-5-4-6-11-22/h7-8,13H,3-6,9-12H2,1-2H3,(H,20,24). The lowest BCUT2D eigenvalue weighted by molar-refractivity contribution is 0.0946. The van der Waals surface area contributed by atoms with Crippen LogP contribution in [-0.2, 0) is 6.54 Å². The molecule has 25 heavy (non-hydrogen) atoms. The quantitative estimate of drug-likeness (QED) is 0.902. The summed E-state index contributed by atoms with van der Waals surface area (Å²) in [4.78, 5) is 31.3. The Labute approximate surface area is 147 Å². The van der Waals surface area contributed by atoms with Crippen molar-refractivity contribution in [2.75, 3.05) is 26.2 Å². The van der Waals surface area contributed by atoms with Crippen LogP contribution in [0, 0.1) is 6.92 Å². The molecule has 1 aromatic carbocycles. The minimum atomic E-state index is -0.0902. The van der Waals surface area contributed by atoms with E-state index in [0.29, 0.717) is 29.9 Å². The summed E-state index contributed by atoms with van der Waals surface area (Å²) in [6, 6.07) is 5.34. The Morgan fingerprint density at radius 1 is 1.24 bits per heavy atom. The summed E-state index contributed by atoms with van der Waals surface area (Å²) in [5.74, 6) is -0.0902. The van der Waals surface area contributed by atoms with Gasteiger partial charge in [0.1, 0.15) is 5.69 Å². The molecule has 1 aliphatic heterocycles. The number of aryl methyl sites for hydroxylation is 2. The number of amides is 1. The van der Waals surface area contributed by atoms with Gasteiger partial charge in [0.15, 0.2) is 0 Å². The van der Waals surface area contributed by atoms with E-state index in [0.717, 1.165) is 25.2 Å². The van der Waals surface area contributed by atoms with Crippen molar-refractivity contribution in [3.63, 3.8) is 0 Å². The molecule has 0 aliphatic carbocycles. The van der Waals surface area contributed by atoms with Crippen molar-refractivity contribution in [3.8, 4) is 0 Å². The summed E-state index contributed by atoms with van der Waals surface area (Å²) < 4.78 is 1.69. The number of rotatable bonds is 5. The molecular formula is C19H26N4O2. The van der Waals surface area contributed by atoms with Gasteiger partial charge in [-0.25, -0.2) is 4.98 Å². The first-order valence-electron chi connectivity index (χ1n) is 9.12. The average molecular weight is 342 g/mol. The largest absolute Gasteiger partial charge is 0.351 e. The Kier molecular flexibility index (Phi) is 5.48. The molecule has 1 aliphatic rings. The molecule has 1 N–H and O–H groups in total. The van der Waals surface area contributed by atoms with Crippen LogP contribution in [-0.4, -0.2) is 46.5 Å². The number of carbonyl (C=O) groups is 1. The van der Waals surface area contributed by atoms with E-state index >= 15 is 0 Å². The van der Waals surface area contributed by atoms with Crippen LogP contribution in [0.4, 0.5) is 0 Å². The van der Waals surface area contributed by atoms with E-state index in [-0.39, 0.29) is 11.5 Å². The van der Waals surface area contributed by atoms with Crippen LogP contribution in [0.2, 0.25) is 0 Å². The SMILES string of the molecule is CCn1c(=O)c(C)nc2cc(C(=O)NCCN3CCCCC3)ccc21. The maximum atomic E-state index is 12.4. The monoisotopic (exact) mass is 342 g/mol. The van der Waals surface area contributed by atoms with E-state index in [2.05, 4.69) is 15.2 Å². The molecule has 1 fully saturated rings.